The Kier molecular flexibility index (Phi) is 5.65. The molecular formula is C18H20FN5O2. The van der Waals surface area contributed by atoms with Crippen LogP contribution in [0.3, 0.4) is 0 Å². The maximum atomic E-state index is 14.4. The third-order valence-corrected chi connectivity index (χ3v) is 3.67. The molecule has 26 heavy (non-hydrogen) atoms. The number of nitrogens with two attached hydrogens (primary N) is 1. The van der Waals surface area contributed by atoms with Gasteiger partial charge < -0.3 is 20.5 Å². The van der Waals surface area contributed by atoms with Gasteiger partial charge in [-0.25, -0.2) is 4.39 Å². The number of rotatable bonds is 8. The molecule has 0 atom stereocenters. The fourth-order valence-corrected chi connectivity index (χ4v) is 2.46. The van der Waals surface area contributed by atoms with Gasteiger partial charge in [0.15, 0.2) is 17.4 Å². The molecule has 0 saturated carbocycles. The summed E-state index contributed by atoms with van der Waals surface area (Å²) in [4.78, 5) is 4.04. The number of hydrogen-bond acceptors (Lipinski definition) is 6. The zero-order chi connectivity index (χ0) is 18.4. The Labute approximate surface area is 150 Å². The molecule has 1 aromatic carbocycles. The number of aromatic amines is 1. The van der Waals surface area contributed by atoms with Crippen LogP contribution in [0.15, 0.2) is 42.7 Å². The van der Waals surface area contributed by atoms with E-state index in [4.69, 9.17) is 15.2 Å². The van der Waals surface area contributed by atoms with E-state index in [1.165, 1.54) is 13.2 Å². The van der Waals surface area contributed by atoms with Crippen LogP contribution in [-0.4, -0.2) is 35.4 Å². The molecule has 0 spiro atoms. The van der Waals surface area contributed by atoms with Gasteiger partial charge in [-0.2, -0.15) is 5.10 Å². The molecular weight excluding hydrogens is 337 g/mol. The van der Waals surface area contributed by atoms with E-state index >= 15 is 0 Å². The molecule has 0 fully saturated rings. The van der Waals surface area contributed by atoms with Gasteiger partial charge in [0.25, 0.3) is 0 Å². The first kappa shape index (κ1) is 17.7. The van der Waals surface area contributed by atoms with E-state index < -0.39 is 5.82 Å². The van der Waals surface area contributed by atoms with Gasteiger partial charge in [-0.15, -0.1) is 0 Å². The lowest BCUT2D eigenvalue weighted by Gasteiger charge is -2.14. The minimum absolute atomic E-state index is 0.106. The molecule has 0 aliphatic carbocycles. The fourth-order valence-electron chi connectivity index (χ4n) is 2.46. The highest BCUT2D eigenvalue weighted by Gasteiger charge is 2.20. The highest BCUT2D eigenvalue weighted by Crippen LogP contribution is 2.40. The van der Waals surface area contributed by atoms with E-state index in [9.17, 15) is 4.39 Å². The highest BCUT2D eigenvalue weighted by atomic mass is 19.1. The molecule has 8 heteroatoms. The normalized spacial score (nSPS) is 10.6. The standard InChI is InChI=1S/C18H20FN5O2/c1-25-15-6-5-13(19)18(26-9-3-7-20)17(15)14-10-16(24-23-14)22-12-4-2-8-21-11-12/h2,4-6,8,10-11H,3,7,9,20H2,1H3,(H2,22,23,24). The van der Waals surface area contributed by atoms with E-state index in [1.807, 2.05) is 12.1 Å². The first-order chi connectivity index (χ1) is 12.7. The van der Waals surface area contributed by atoms with Crippen molar-refractivity contribution in [2.24, 2.45) is 5.73 Å². The van der Waals surface area contributed by atoms with Gasteiger partial charge in [-0.05, 0) is 37.2 Å². The van der Waals surface area contributed by atoms with Crippen molar-refractivity contribution in [2.45, 2.75) is 6.42 Å². The topological polar surface area (TPSA) is 98.1 Å². The number of nitrogens with one attached hydrogen (secondary N) is 2. The number of hydrogen-bond donors (Lipinski definition) is 3. The van der Waals surface area contributed by atoms with Crippen LogP contribution in [-0.2, 0) is 0 Å². The summed E-state index contributed by atoms with van der Waals surface area (Å²) in [6.07, 6.45) is 3.98. The fraction of sp³-hybridized carbons (Fsp3) is 0.222. The monoisotopic (exact) mass is 357 g/mol. The second-order valence-corrected chi connectivity index (χ2v) is 5.48. The Bertz CT molecular complexity index is 854. The van der Waals surface area contributed by atoms with Crippen molar-refractivity contribution in [1.29, 1.82) is 0 Å². The van der Waals surface area contributed by atoms with Crippen molar-refractivity contribution in [3.63, 3.8) is 0 Å². The molecule has 0 unspecified atom stereocenters. The molecule has 7 nitrogen and oxygen atoms in total. The zero-order valence-corrected chi connectivity index (χ0v) is 14.3. The first-order valence-electron chi connectivity index (χ1n) is 8.15. The zero-order valence-electron chi connectivity index (χ0n) is 14.3. The SMILES string of the molecule is COc1ccc(F)c(OCCCN)c1-c1cc(Nc2cccnc2)n[nH]1. The average Bonchev–Trinajstić information content (AvgIpc) is 3.12. The summed E-state index contributed by atoms with van der Waals surface area (Å²) < 4.78 is 25.4. The second kappa shape index (κ2) is 8.30. The summed E-state index contributed by atoms with van der Waals surface area (Å²) >= 11 is 0. The third kappa shape index (κ3) is 3.92. The number of aromatic nitrogens is 3. The third-order valence-electron chi connectivity index (χ3n) is 3.67. The summed E-state index contributed by atoms with van der Waals surface area (Å²) in [7, 11) is 1.52. The largest absolute Gasteiger partial charge is 0.496 e. The number of nitrogens with zero attached hydrogens (tertiary/aromatic N) is 2. The van der Waals surface area contributed by atoms with E-state index in [0.29, 0.717) is 42.4 Å². The second-order valence-electron chi connectivity index (χ2n) is 5.48. The molecule has 3 aromatic rings. The van der Waals surface area contributed by atoms with Crippen molar-refractivity contribution in [3.8, 4) is 22.8 Å². The van der Waals surface area contributed by atoms with Crippen LogP contribution in [0, 0.1) is 5.82 Å². The number of methoxy groups -OCH3 is 1. The Morgan fingerprint density at radius 2 is 2.19 bits per heavy atom. The van der Waals surface area contributed by atoms with Gasteiger partial charge in [0.2, 0.25) is 0 Å². The lowest BCUT2D eigenvalue weighted by Crippen LogP contribution is -2.08. The van der Waals surface area contributed by atoms with Gasteiger partial charge in [-0.3, -0.25) is 10.1 Å². The van der Waals surface area contributed by atoms with Gasteiger partial charge in [0.1, 0.15) is 5.75 Å². The minimum Gasteiger partial charge on any atom is -0.496 e. The van der Waals surface area contributed by atoms with Gasteiger partial charge >= 0.3 is 0 Å². The number of H-pyrrole nitrogens is 1. The van der Waals surface area contributed by atoms with E-state index in [-0.39, 0.29) is 5.75 Å². The molecule has 0 aliphatic rings. The Balaban J connectivity index is 1.93. The van der Waals surface area contributed by atoms with Gasteiger partial charge in [0.05, 0.1) is 36.9 Å². The quantitative estimate of drug-likeness (QED) is 0.536. The molecule has 0 bridgehead atoms. The average molecular weight is 357 g/mol. The molecule has 2 aromatic heterocycles. The summed E-state index contributed by atoms with van der Waals surface area (Å²) in [5.41, 5.74) is 7.31. The van der Waals surface area contributed by atoms with Crippen molar-refractivity contribution < 1.29 is 13.9 Å². The van der Waals surface area contributed by atoms with Crippen LogP contribution in [0.25, 0.3) is 11.3 Å². The number of halogens is 1. The lowest BCUT2D eigenvalue weighted by atomic mass is 10.1. The number of ether oxygens (including phenoxy) is 2. The molecule has 4 N–H and O–H groups in total. The molecule has 2 heterocycles. The molecule has 0 aliphatic heterocycles. The van der Waals surface area contributed by atoms with Crippen LogP contribution in [0.4, 0.5) is 15.9 Å². The van der Waals surface area contributed by atoms with Crippen LogP contribution < -0.4 is 20.5 Å². The molecule has 3 rings (SSSR count). The Hall–Kier alpha value is -3.13. The smallest absolute Gasteiger partial charge is 0.168 e. The van der Waals surface area contributed by atoms with Crippen LogP contribution in [0.1, 0.15) is 6.42 Å². The van der Waals surface area contributed by atoms with E-state index in [2.05, 4.69) is 20.5 Å². The van der Waals surface area contributed by atoms with Crippen molar-refractivity contribution in [1.82, 2.24) is 15.2 Å². The van der Waals surface area contributed by atoms with Crippen LogP contribution >= 0.6 is 0 Å². The number of pyridine rings is 1. The molecule has 0 saturated heterocycles. The highest BCUT2D eigenvalue weighted by molar-refractivity contribution is 5.76. The van der Waals surface area contributed by atoms with Crippen molar-refractivity contribution >= 4 is 11.5 Å². The first-order valence-corrected chi connectivity index (χ1v) is 8.15. The van der Waals surface area contributed by atoms with Crippen LogP contribution in [0.2, 0.25) is 0 Å². The molecule has 0 radical (unpaired) electrons. The Morgan fingerprint density at radius 3 is 2.92 bits per heavy atom. The van der Waals surface area contributed by atoms with Crippen molar-refractivity contribution in [3.05, 3.63) is 48.5 Å². The molecule has 0 amide bonds. The minimum atomic E-state index is -0.478. The van der Waals surface area contributed by atoms with E-state index in [0.717, 1.165) is 5.69 Å². The van der Waals surface area contributed by atoms with E-state index in [1.54, 1.807) is 24.5 Å². The number of benzene rings is 1. The predicted molar refractivity (Wildman–Crippen MR) is 97.2 cm³/mol. The Morgan fingerprint density at radius 1 is 1.31 bits per heavy atom. The molecule has 136 valence electrons. The predicted octanol–water partition coefficient (Wildman–Crippen LogP) is 3.09. The lowest BCUT2D eigenvalue weighted by molar-refractivity contribution is 0.296. The maximum absolute atomic E-state index is 14.4. The summed E-state index contributed by atoms with van der Waals surface area (Å²) in [5.74, 6) is 0.668. The summed E-state index contributed by atoms with van der Waals surface area (Å²) in [6, 6.07) is 8.29. The maximum Gasteiger partial charge on any atom is 0.168 e. The number of anilines is 2. The summed E-state index contributed by atoms with van der Waals surface area (Å²) in [6.45, 7) is 0.771. The van der Waals surface area contributed by atoms with Gasteiger partial charge in [0, 0.05) is 12.3 Å². The van der Waals surface area contributed by atoms with Gasteiger partial charge in [-0.1, -0.05) is 0 Å². The summed E-state index contributed by atoms with van der Waals surface area (Å²) in [5, 5.41) is 10.2. The van der Waals surface area contributed by atoms with Crippen LogP contribution in [0.5, 0.6) is 11.5 Å². The van der Waals surface area contributed by atoms with Crippen molar-refractivity contribution in [2.75, 3.05) is 25.6 Å².